The number of piperazine rings is 1. The number of nitrogens with two attached hydrogens (primary N) is 1. The second-order valence-corrected chi connectivity index (χ2v) is 6.28. The third-order valence-electron chi connectivity index (χ3n) is 4.36. The summed E-state index contributed by atoms with van der Waals surface area (Å²) in [6, 6.07) is 9.07. The SMILES string of the molecule is CC(C)N1CCN(c2ccccc2OCCCCCN)CC1. The molecule has 1 aromatic carbocycles. The number of rotatable bonds is 8. The summed E-state index contributed by atoms with van der Waals surface area (Å²) in [4.78, 5) is 4.99. The predicted molar refractivity (Wildman–Crippen MR) is 93.8 cm³/mol. The van der Waals surface area contributed by atoms with Crippen molar-refractivity contribution in [3.05, 3.63) is 24.3 Å². The number of ether oxygens (including phenoxy) is 1. The summed E-state index contributed by atoms with van der Waals surface area (Å²) in [6.45, 7) is 10.5. The van der Waals surface area contributed by atoms with E-state index in [1.807, 2.05) is 0 Å². The maximum Gasteiger partial charge on any atom is 0.142 e. The van der Waals surface area contributed by atoms with Gasteiger partial charge in [0, 0.05) is 32.2 Å². The Balaban J connectivity index is 1.88. The number of anilines is 1. The Morgan fingerprint density at radius 3 is 2.45 bits per heavy atom. The van der Waals surface area contributed by atoms with Gasteiger partial charge in [0.1, 0.15) is 5.75 Å². The first-order chi connectivity index (χ1) is 10.7. The first kappa shape index (κ1) is 17.1. The van der Waals surface area contributed by atoms with Crippen molar-refractivity contribution in [1.29, 1.82) is 0 Å². The first-order valence-corrected chi connectivity index (χ1v) is 8.63. The molecule has 1 aliphatic heterocycles. The topological polar surface area (TPSA) is 41.7 Å². The minimum atomic E-state index is 0.635. The standard InChI is InChI=1S/C18H31N3O/c1-16(2)20-11-13-21(14-12-20)17-8-4-5-9-18(17)22-15-7-3-6-10-19/h4-5,8-9,16H,3,6-7,10-15,19H2,1-2H3. The third kappa shape index (κ3) is 4.89. The van der Waals surface area contributed by atoms with Crippen molar-refractivity contribution in [2.45, 2.75) is 39.2 Å². The molecule has 0 spiro atoms. The number of hydrogen-bond donors (Lipinski definition) is 1. The summed E-state index contributed by atoms with van der Waals surface area (Å²) in [5.74, 6) is 1.02. The maximum absolute atomic E-state index is 6.02. The highest BCUT2D eigenvalue weighted by Gasteiger charge is 2.20. The zero-order valence-electron chi connectivity index (χ0n) is 14.1. The van der Waals surface area contributed by atoms with Crippen LogP contribution in [-0.2, 0) is 0 Å². The van der Waals surface area contributed by atoms with Gasteiger partial charge in [-0.2, -0.15) is 0 Å². The zero-order chi connectivity index (χ0) is 15.8. The second kappa shape index (κ2) is 9.01. The Morgan fingerprint density at radius 1 is 1.05 bits per heavy atom. The summed E-state index contributed by atoms with van der Waals surface area (Å²) in [5.41, 5.74) is 6.76. The molecule has 0 radical (unpaired) electrons. The van der Waals surface area contributed by atoms with E-state index >= 15 is 0 Å². The van der Waals surface area contributed by atoms with Gasteiger partial charge in [-0.3, -0.25) is 4.90 Å². The lowest BCUT2D eigenvalue weighted by atomic mass is 10.2. The van der Waals surface area contributed by atoms with Gasteiger partial charge in [-0.1, -0.05) is 12.1 Å². The number of hydrogen-bond acceptors (Lipinski definition) is 4. The molecule has 2 N–H and O–H groups in total. The Labute approximate surface area is 135 Å². The molecule has 0 atom stereocenters. The molecule has 124 valence electrons. The van der Waals surface area contributed by atoms with E-state index in [1.54, 1.807) is 0 Å². The zero-order valence-corrected chi connectivity index (χ0v) is 14.1. The van der Waals surface area contributed by atoms with Crippen molar-refractivity contribution in [3.63, 3.8) is 0 Å². The van der Waals surface area contributed by atoms with E-state index in [4.69, 9.17) is 10.5 Å². The lowest BCUT2D eigenvalue weighted by Gasteiger charge is -2.38. The van der Waals surface area contributed by atoms with Crippen molar-refractivity contribution in [2.75, 3.05) is 44.2 Å². The van der Waals surface area contributed by atoms with E-state index in [9.17, 15) is 0 Å². The second-order valence-electron chi connectivity index (χ2n) is 6.28. The molecule has 0 bridgehead atoms. The van der Waals surface area contributed by atoms with E-state index in [0.29, 0.717) is 6.04 Å². The van der Waals surface area contributed by atoms with Gasteiger partial charge in [0.05, 0.1) is 12.3 Å². The number of benzene rings is 1. The van der Waals surface area contributed by atoms with Crippen LogP contribution in [0.3, 0.4) is 0 Å². The largest absolute Gasteiger partial charge is 0.491 e. The summed E-state index contributed by atoms with van der Waals surface area (Å²) in [7, 11) is 0. The number of nitrogens with zero attached hydrogens (tertiary/aromatic N) is 2. The fraction of sp³-hybridized carbons (Fsp3) is 0.667. The molecule has 1 aliphatic rings. The van der Waals surface area contributed by atoms with Crippen LogP contribution in [0.4, 0.5) is 5.69 Å². The lowest BCUT2D eigenvalue weighted by molar-refractivity contribution is 0.208. The van der Waals surface area contributed by atoms with E-state index in [-0.39, 0.29) is 0 Å². The van der Waals surface area contributed by atoms with Crippen molar-refractivity contribution in [3.8, 4) is 5.75 Å². The smallest absolute Gasteiger partial charge is 0.142 e. The van der Waals surface area contributed by atoms with Gasteiger partial charge in [-0.15, -0.1) is 0 Å². The van der Waals surface area contributed by atoms with Crippen LogP contribution in [0.25, 0.3) is 0 Å². The van der Waals surface area contributed by atoms with Gasteiger partial charge in [0.25, 0.3) is 0 Å². The Morgan fingerprint density at radius 2 is 1.77 bits per heavy atom. The molecular weight excluding hydrogens is 274 g/mol. The van der Waals surface area contributed by atoms with E-state index < -0.39 is 0 Å². The van der Waals surface area contributed by atoms with Gasteiger partial charge >= 0.3 is 0 Å². The maximum atomic E-state index is 6.02. The Kier molecular flexibility index (Phi) is 7.00. The molecule has 2 rings (SSSR count). The molecule has 1 saturated heterocycles. The van der Waals surface area contributed by atoms with Crippen molar-refractivity contribution < 1.29 is 4.74 Å². The summed E-state index contributed by atoms with van der Waals surface area (Å²) < 4.78 is 6.02. The van der Waals surface area contributed by atoms with Gasteiger partial charge < -0.3 is 15.4 Å². The molecule has 22 heavy (non-hydrogen) atoms. The van der Waals surface area contributed by atoms with Gasteiger partial charge in [0.15, 0.2) is 0 Å². The van der Waals surface area contributed by atoms with Crippen molar-refractivity contribution in [1.82, 2.24) is 4.90 Å². The fourth-order valence-electron chi connectivity index (χ4n) is 2.92. The Bertz CT molecular complexity index is 428. The highest BCUT2D eigenvalue weighted by atomic mass is 16.5. The van der Waals surface area contributed by atoms with Crippen molar-refractivity contribution >= 4 is 5.69 Å². The average molecular weight is 305 g/mol. The molecule has 0 aromatic heterocycles. The molecule has 4 nitrogen and oxygen atoms in total. The minimum Gasteiger partial charge on any atom is -0.491 e. The quantitative estimate of drug-likeness (QED) is 0.750. The molecule has 0 aliphatic carbocycles. The average Bonchev–Trinajstić information content (AvgIpc) is 2.55. The van der Waals surface area contributed by atoms with Crippen LogP contribution in [0, 0.1) is 0 Å². The predicted octanol–water partition coefficient (Wildman–Crippen LogP) is 2.72. The number of para-hydroxylation sites is 2. The number of unbranched alkanes of at least 4 members (excludes halogenated alkanes) is 2. The monoisotopic (exact) mass is 305 g/mol. The van der Waals surface area contributed by atoms with Gasteiger partial charge in [-0.25, -0.2) is 0 Å². The molecule has 0 saturated carbocycles. The van der Waals surface area contributed by atoms with Crippen molar-refractivity contribution in [2.24, 2.45) is 5.73 Å². The van der Waals surface area contributed by atoms with E-state index in [0.717, 1.165) is 64.3 Å². The minimum absolute atomic E-state index is 0.635. The van der Waals surface area contributed by atoms with Crippen LogP contribution in [-0.4, -0.2) is 50.3 Å². The lowest BCUT2D eigenvalue weighted by Crippen LogP contribution is -2.49. The highest BCUT2D eigenvalue weighted by molar-refractivity contribution is 5.58. The molecular formula is C18H31N3O. The fourth-order valence-corrected chi connectivity index (χ4v) is 2.92. The van der Waals surface area contributed by atoms with Crippen LogP contribution >= 0.6 is 0 Å². The Hall–Kier alpha value is -1.26. The molecule has 0 unspecified atom stereocenters. The van der Waals surface area contributed by atoms with Gasteiger partial charge in [0.2, 0.25) is 0 Å². The van der Waals surface area contributed by atoms with E-state index in [1.165, 1.54) is 5.69 Å². The molecule has 4 heteroatoms. The molecule has 1 aromatic rings. The molecule has 0 amide bonds. The van der Waals surface area contributed by atoms with E-state index in [2.05, 4.69) is 47.9 Å². The summed E-state index contributed by atoms with van der Waals surface area (Å²) >= 11 is 0. The normalized spacial score (nSPS) is 16.3. The van der Waals surface area contributed by atoms with Gasteiger partial charge in [-0.05, 0) is 51.8 Å². The summed E-state index contributed by atoms with van der Waals surface area (Å²) in [6.07, 6.45) is 3.31. The first-order valence-electron chi connectivity index (χ1n) is 8.63. The molecule has 1 heterocycles. The third-order valence-corrected chi connectivity index (χ3v) is 4.36. The van der Waals surface area contributed by atoms with Crippen LogP contribution in [0.2, 0.25) is 0 Å². The highest BCUT2D eigenvalue weighted by Crippen LogP contribution is 2.29. The van der Waals surface area contributed by atoms with Crippen LogP contribution < -0.4 is 15.4 Å². The summed E-state index contributed by atoms with van der Waals surface area (Å²) in [5, 5.41) is 0. The van der Waals surface area contributed by atoms with Crippen LogP contribution in [0.1, 0.15) is 33.1 Å². The van der Waals surface area contributed by atoms with Crippen LogP contribution in [0.15, 0.2) is 24.3 Å². The van der Waals surface area contributed by atoms with Crippen LogP contribution in [0.5, 0.6) is 5.75 Å². The molecule has 1 fully saturated rings.